The Morgan fingerprint density at radius 1 is 1.44 bits per heavy atom. The van der Waals surface area contributed by atoms with Gasteiger partial charge in [-0.25, -0.2) is 9.78 Å². The van der Waals surface area contributed by atoms with Crippen molar-refractivity contribution in [1.29, 1.82) is 0 Å². The first-order valence-corrected chi connectivity index (χ1v) is 4.90. The molecule has 16 heavy (non-hydrogen) atoms. The molecule has 0 radical (unpaired) electrons. The van der Waals surface area contributed by atoms with Crippen LogP contribution >= 0.6 is 0 Å². The number of carbonyl (C=O) groups is 1. The van der Waals surface area contributed by atoms with Gasteiger partial charge in [-0.1, -0.05) is 6.07 Å². The van der Waals surface area contributed by atoms with E-state index in [0.29, 0.717) is 6.54 Å². The number of amides is 1. The fourth-order valence-corrected chi connectivity index (χ4v) is 1.37. The summed E-state index contributed by atoms with van der Waals surface area (Å²) in [6.07, 6.45) is 6.39. The molecule has 0 aromatic carbocycles. The summed E-state index contributed by atoms with van der Waals surface area (Å²) in [5, 5.41) is 0. The molecule has 2 aromatic rings. The lowest BCUT2D eigenvalue weighted by Gasteiger charge is -2.16. The predicted molar refractivity (Wildman–Crippen MR) is 58.7 cm³/mol. The Morgan fingerprint density at radius 3 is 2.94 bits per heavy atom. The Bertz CT molecular complexity index is 452. The van der Waals surface area contributed by atoms with Crippen molar-refractivity contribution < 1.29 is 4.79 Å². The molecule has 5 heteroatoms. The number of hydrogen-bond acceptors (Lipinski definition) is 3. The van der Waals surface area contributed by atoms with Crippen LogP contribution in [0.3, 0.4) is 0 Å². The van der Waals surface area contributed by atoms with Crippen LogP contribution in [-0.4, -0.2) is 32.5 Å². The van der Waals surface area contributed by atoms with Crippen LogP contribution < -0.4 is 0 Å². The Morgan fingerprint density at radius 2 is 2.31 bits per heavy atom. The van der Waals surface area contributed by atoms with Gasteiger partial charge in [0.15, 0.2) is 0 Å². The molecule has 0 atom stereocenters. The minimum absolute atomic E-state index is 0.122. The Kier molecular flexibility index (Phi) is 2.95. The molecule has 0 aliphatic carbocycles. The third-order valence-electron chi connectivity index (χ3n) is 2.18. The van der Waals surface area contributed by atoms with E-state index in [2.05, 4.69) is 9.97 Å². The molecule has 2 heterocycles. The number of carbonyl (C=O) groups excluding carboxylic acids is 1. The lowest BCUT2D eigenvalue weighted by atomic mass is 10.3. The van der Waals surface area contributed by atoms with Gasteiger partial charge in [-0.05, 0) is 12.1 Å². The van der Waals surface area contributed by atoms with Gasteiger partial charge < -0.3 is 4.90 Å². The van der Waals surface area contributed by atoms with Crippen molar-refractivity contribution in [3.8, 4) is 0 Å². The van der Waals surface area contributed by atoms with Gasteiger partial charge in [0.25, 0.3) is 0 Å². The van der Waals surface area contributed by atoms with E-state index in [-0.39, 0.29) is 6.03 Å². The zero-order valence-corrected chi connectivity index (χ0v) is 8.95. The average molecular weight is 216 g/mol. The summed E-state index contributed by atoms with van der Waals surface area (Å²) in [5.74, 6) is 0. The summed E-state index contributed by atoms with van der Waals surface area (Å²) < 4.78 is 1.43. The summed E-state index contributed by atoms with van der Waals surface area (Å²) in [6, 6.07) is 5.51. The number of rotatable bonds is 2. The second kappa shape index (κ2) is 4.57. The van der Waals surface area contributed by atoms with E-state index in [1.54, 1.807) is 30.5 Å². The molecule has 0 N–H and O–H groups in total. The van der Waals surface area contributed by atoms with Crippen molar-refractivity contribution in [1.82, 2.24) is 19.4 Å². The summed E-state index contributed by atoms with van der Waals surface area (Å²) in [6.45, 7) is 0.484. The maximum Gasteiger partial charge on any atom is 0.329 e. The third-order valence-corrected chi connectivity index (χ3v) is 2.18. The van der Waals surface area contributed by atoms with Crippen molar-refractivity contribution in [3.63, 3.8) is 0 Å². The normalized spacial score (nSPS) is 10.1. The van der Waals surface area contributed by atoms with Gasteiger partial charge in [0.1, 0.15) is 6.33 Å². The van der Waals surface area contributed by atoms with Crippen LogP contribution in [0.15, 0.2) is 43.1 Å². The van der Waals surface area contributed by atoms with E-state index in [1.165, 1.54) is 10.9 Å². The summed E-state index contributed by atoms with van der Waals surface area (Å²) in [4.78, 5) is 21.4. The summed E-state index contributed by atoms with van der Waals surface area (Å²) >= 11 is 0. The monoisotopic (exact) mass is 216 g/mol. The molecule has 0 saturated carbocycles. The molecule has 5 nitrogen and oxygen atoms in total. The molecule has 0 spiro atoms. The van der Waals surface area contributed by atoms with Gasteiger partial charge >= 0.3 is 6.03 Å². The van der Waals surface area contributed by atoms with Crippen LogP contribution in [0.2, 0.25) is 0 Å². The quantitative estimate of drug-likeness (QED) is 0.762. The molecular formula is C11H12N4O. The summed E-state index contributed by atoms with van der Waals surface area (Å²) in [5.41, 5.74) is 0.860. The van der Waals surface area contributed by atoms with Gasteiger partial charge in [-0.2, -0.15) is 0 Å². The van der Waals surface area contributed by atoms with Gasteiger partial charge in [-0.15, -0.1) is 0 Å². The van der Waals surface area contributed by atoms with Gasteiger partial charge in [-0.3, -0.25) is 9.55 Å². The maximum absolute atomic E-state index is 11.8. The lowest BCUT2D eigenvalue weighted by Crippen LogP contribution is -2.30. The van der Waals surface area contributed by atoms with E-state index in [0.717, 1.165) is 5.69 Å². The molecule has 82 valence electrons. The number of imidazole rings is 1. The Balaban J connectivity index is 2.04. The molecule has 0 unspecified atom stereocenters. The first-order valence-electron chi connectivity index (χ1n) is 4.90. The van der Waals surface area contributed by atoms with Gasteiger partial charge in [0.2, 0.25) is 0 Å². The molecule has 0 saturated heterocycles. The number of nitrogens with zero attached hydrogens (tertiary/aromatic N) is 4. The van der Waals surface area contributed by atoms with Crippen molar-refractivity contribution in [3.05, 3.63) is 48.8 Å². The molecule has 1 amide bonds. The van der Waals surface area contributed by atoms with Crippen LogP contribution in [0.1, 0.15) is 5.69 Å². The highest BCUT2D eigenvalue weighted by molar-refractivity contribution is 5.76. The highest BCUT2D eigenvalue weighted by Crippen LogP contribution is 2.01. The van der Waals surface area contributed by atoms with Crippen molar-refractivity contribution in [2.45, 2.75) is 6.54 Å². The van der Waals surface area contributed by atoms with Crippen LogP contribution in [0.25, 0.3) is 0 Å². The number of pyridine rings is 1. The zero-order chi connectivity index (χ0) is 11.4. The largest absolute Gasteiger partial charge is 0.329 e. The van der Waals surface area contributed by atoms with E-state index >= 15 is 0 Å². The van der Waals surface area contributed by atoms with Crippen molar-refractivity contribution in [2.75, 3.05) is 7.05 Å². The van der Waals surface area contributed by atoms with Crippen LogP contribution in [0.4, 0.5) is 4.79 Å². The fraction of sp³-hybridized carbons (Fsp3) is 0.182. The molecule has 0 bridgehead atoms. The SMILES string of the molecule is CN(Cc1ccccn1)C(=O)n1ccnc1. The van der Waals surface area contributed by atoms with E-state index in [4.69, 9.17) is 0 Å². The highest BCUT2D eigenvalue weighted by atomic mass is 16.2. The Hall–Kier alpha value is -2.17. The first kappa shape index (κ1) is 10.4. The second-order valence-corrected chi connectivity index (χ2v) is 3.43. The fourth-order valence-electron chi connectivity index (χ4n) is 1.37. The zero-order valence-electron chi connectivity index (χ0n) is 8.95. The van der Waals surface area contributed by atoms with Crippen LogP contribution in [0.5, 0.6) is 0 Å². The third kappa shape index (κ3) is 2.25. The van der Waals surface area contributed by atoms with Gasteiger partial charge in [0.05, 0.1) is 12.2 Å². The Labute approximate surface area is 93.4 Å². The average Bonchev–Trinajstić information content (AvgIpc) is 2.83. The molecule has 2 rings (SSSR count). The smallest absolute Gasteiger partial charge is 0.321 e. The molecule has 0 aliphatic heterocycles. The first-order chi connectivity index (χ1) is 7.77. The van der Waals surface area contributed by atoms with Crippen molar-refractivity contribution >= 4 is 6.03 Å². The topological polar surface area (TPSA) is 51.0 Å². The minimum Gasteiger partial charge on any atom is -0.321 e. The number of aromatic nitrogens is 3. The lowest BCUT2D eigenvalue weighted by molar-refractivity contribution is 0.208. The van der Waals surface area contributed by atoms with Crippen LogP contribution in [0, 0.1) is 0 Å². The van der Waals surface area contributed by atoms with E-state index < -0.39 is 0 Å². The second-order valence-electron chi connectivity index (χ2n) is 3.43. The summed E-state index contributed by atoms with van der Waals surface area (Å²) in [7, 11) is 1.73. The standard InChI is InChI=1S/C11H12N4O/c1-14(8-10-4-2-3-5-13-10)11(16)15-7-6-12-9-15/h2-7,9H,8H2,1H3. The number of hydrogen-bond donors (Lipinski definition) is 0. The van der Waals surface area contributed by atoms with E-state index in [9.17, 15) is 4.79 Å². The predicted octanol–water partition coefficient (Wildman–Crippen LogP) is 1.38. The molecule has 2 aromatic heterocycles. The molecule has 0 aliphatic rings. The molecule has 0 fully saturated rings. The molecular weight excluding hydrogens is 204 g/mol. The van der Waals surface area contributed by atoms with Crippen LogP contribution in [-0.2, 0) is 6.54 Å². The van der Waals surface area contributed by atoms with E-state index in [1.807, 2.05) is 18.2 Å². The minimum atomic E-state index is -0.122. The van der Waals surface area contributed by atoms with Gasteiger partial charge in [0, 0.05) is 25.6 Å². The van der Waals surface area contributed by atoms with Crippen molar-refractivity contribution in [2.24, 2.45) is 0 Å². The maximum atomic E-state index is 11.8. The highest BCUT2D eigenvalue weighted by Gasteiger charge is 2.10.